The van der Waals surface area contributed by atoms with Crippen LogP contribution in [-0.4, -0.2) is 41.2 Å². The molecule has 0 bridgehead atoms. The van der Waals surface area contributed by atoms with Crippen molar-refractivity contribution >= 4 is 11.8 Å². The fourth-order valence-corrected chi connectivity index (χ4v) is 3.34. The maximum absolute atomic E-state index is 11.7. The molecular weight excluding hydrogens is 268 g/mol. The fourth-order valence-electron chi connectivity index (χ4n) is 3.34. The number of furan rings is 1. The van der Waals surface area contributed by atoms with E-state index in [0.29, 0.717) is 25.3 Å². The summed E-state index contributed by atoms with van der Waals surface area (Å²) in [4.78, 5) is 27.1. The molecule has 0 saturated carbocycles. The molecule has 2 amide bonds. The molecule has 3 heterocycles. The van der Waals surface area contributed by atoms with Gasteiger partial charge in [0.15, 0.2) is 0 Å². The van der Waals surface area contributed by atoms with Crippen LogP contribution in [0.4, 0.5) is 0 Å². The first kappa shape index (κ1) is 14.3. The van der Waals surface area contributed by atoms with Crippen molar-refractivity contribution in [1.29, 1.82) is 0 Å². The first-order valence-electron chi connectivity index (χ1n) is 7.76. The van der Waals surface area contributed by atoms with Gasteiger partial charge in [-0.3, -0.25) is 19.4 Å². The highest BCUT2D eigenvalue weighted by atomic mass is 16.3. The second-order valence-corrected chi connectivity index (χ2v) is 6.14. The molecule has 2 aliphatic rings. The van der Waals surface area contributed by atoms with Gasteiger partial charge in [-0.05, 0) is 37.4 Å². The molecule has 2 fully saturated rings. The van der Waals surface area contributed by atoms with Crippen molar-refractivity contribution in [2.24, 2.45) is 5.92 Å². The lowest BCUT2D eigenvalue weighted by Crippen LogP contribution is -2.42. The highest BCUT2D eigenvalue weighted by Gasteiger charge is 2.32. The Kier molecular flexibility index (Phi) is 4.10. The second kappa shape index (κ2) is 6.02. The highest BCUT2D eigenvalue weighted by molar-refractivity contribution is 6.01. The number of rotatable bonds is 4. The van der Waals surface area contributed by atoms with E-state index in [9.17, 15) is 9.59 Å². The number of imide groups is 1. The van der Waals surface area contributed by atoms with Gasteiger partial charge in [-0.1, -0.05) is 6.92 Å². The van der Waals surface area contributed by atoms with Gasteiger partial charge in [0.05, 0.1) is 12.3 Å². The molecule has 0 aromatic carbocycles. The molecule has 3 rings (SSSR count). The molecule has 1 aromatic rings. The molecule has 1 aromatic heterocycles. The summed E-state index contributed by atoms with van der Waals surface area (Å²) in [6.07, 6.45) is 4.67. The van der Waals surface area contributed by atoms with Gasteiger partial charge in [0, 0.05) is 25.9 Å². The summed E-state index contributed by atoms with van der Waals surface area (Å²) >= 11 is 0. The lowest BCUT2D eigenvalue weighted by atomic mass is 9.91. The van der Waals surface area contributed by atoms with Crippen LogP contribution in [0.1, 0.15) is 44.4 Å². The third-order valence-electron chi connectivity index (χ3n) is 4.61. The Morgan fingerprint density at radius 3 is 2.67 bits per heavy atom. The van der Waals surface area contributed by atoms with Crippen LogP contribution in [0.2, 0.25) is 0 Å². The lowest BCUT2D eigenvalue weighted by molar-refractivity contribution is -0.138. The summed E-state index contributed by atoms with van der Waals surface area (Å²) in [6.45, 7) is 4.49. The molecule has 114 valence electrons. The molecule has 0 aliphatic carbocycles. The fraction of sp³-hybridized carbons (Fsp3) is 0.625. The summed E-state index contributed by atoms with van der Waals surface area (Å²) in [6, 6.07) is 4.19. The van der Waals surface area contributed by atoms with Crippen molar-refractivity contribution in [1.82, 2.24) is 9.80 Å². The largest absolute Gasteiger partial charge is 0.468 e. The van der Waals surface area contributed by atoms with Crippen LogP contribution in [0.3, 0.4) is 0 Å². The number of hydrogen-bond acceptors (Lipinski definition) is 4. The van der Waals surface area contributed by atoms with Gasteiger partial charge in [-0.2, -0.15) is 0 Å². The highest BCUT2D eigenvalue weighted by Crippen LogP contribution is 2.34. The van der Waals surface area contributed by atoms with Crippen LogP contribution >= 0.6 is 0 Å². The van der Waals surface area contributed by atoms with Gasteiger partial charge in [0.2, 0.25) is 11.8 Å². The van der Waals surface area contributed by atoms with Crippen molar-refractivity contribution in [3.05, 3.63) is 24.2 Å². The third-order valence-corrected chi connectivity index (χ3v) is 4.61. The minimum absolute atomic E-state index is 0.0278. The van der Waals surface area contributed by atoms with E-state index in [-0.39, 0.29) is 17.9 Å². The van der Waals surface area contributed by atoms with E-state index in [4.69, 9.17) is 4.42 Å². The minimum Gasteiger partial charge on any atom is -0.468 e. The zero-order valence-corrected chi connectivity index (χ0v) is 12.5. The van der Waals surface area contributed by atoms with Crippen LogP contribution in [0.15, 0.2) is 22.8 Å². The van der Waals surface area contributed by atoms with Crippen LogP contribution in [0.5, 0.6) is 0 Å². The Hall–Kier alpha value is -1.62. The van der Waals surface area contributed by atoms with Crippen LogP contribution in [0, 0.1) is 5.92 Å². The first-order chi connectivity index (χ1) is 10.1. The normalized spacial score (nSPS) is 27.6. The summed E-state index contributed by atoms with van der Waals surface area (Å²) in [5, 5.41) is 0. The number of likely N-dealkylation sites (tertiary alicyclic amines) is 2. The van der Waals surface area contributed by atoms with E-state index in [1.54, 1.807) is 6.26 Å². The maximum atomic E-state index is 11.7. The standard InChI is InChI=1S/C16H22N2O3/c1-12-6-7-17(13(11-12)14-3-2-10-21-14)8-9-18-15(19)4-5-16(18)20/h2-3,10,12-13H,4-9,11H2,1H3/t12-,13-/m0/s1. The number of carbonyl (C=O) groups is 2. The molecule has 2 saturated heterocycles. The Bertz CT molecular complexity index is 496. The van der Waals surface area contributed by atoms with Crippen molar-refractivity contribution in [2.45, 2.75) is 38.6 Å². The van der Waals surface area contributed by atoms with Gasteiger partial charge in [-0.15, -0.1) is 0 Å². The van der Waals surface area contributed by atoms with Gasteiger partial charge < -0.3 is 4.42 Å². The molecule has 0 N–H and O–H groups in total. The molecule has 2 atom stereocenters. The molecular formula is C16H22N2O3. The molecule has 2 aliphatic heterocycles. The van der Waals surface area contributed by atoms with Gasteiger partial charge >= 0.3 is 0 Å². The summed E-state index contributed by atoms with van der Waals surface area (Å²) < 4.78 is 5.58. The monoisotopic (exact) mass is 290 g/mol. The maximum Gasteiger partial charge on any atom is 0.229 e. The van der Waals surface area contributed by atoms with Crippen molar-refractivity contribution in [3.63, 3.8) is 0 Å². The summed E-state index contributed by atoms with van der Waals surface area (Å²) in [5.74, 6) is 1.60. The van der Waals surface area contributed by atoms with Crippen LogP contribution < -0.4 is 0 Å². The zero-order valence-electron chi connectivity index (χ0n) is 12.5. The van der Waals surface area contributed by atoms with E-state index in [2.05, 4.69) is 11.8 Å². The van der Waals surface area contributed by atoms with Crippen molar-refractivity contribution in [2.75, 3.05) is 19.6 Å². The lowest BCUT2D eigenvalue weighted by Gasteiger charge is -2.38. The summed E-state index contributed by atoms with van der Waals surface area (Å²) in [7, 11) is 0. The van der Waals surface area contributed by atoms with Gasteiger partial charge in [0.25, 0.3) is 0 Å². The number of hydrogen-bond donors (Lipinski definition) is 0. The smallest absolute Gasteiger partial charge is 0.229 e. The van der Waals surface area contributed by atoms with Crippen LogP contribution in [0.25, 0.3) is 0 Å². The van der Waals surface area contributed by atoms with E-state index in [1.807, 2.05) is 12.1 Å². The Balaban J connectivity index is 1.65. The predicted octanol–water partition coefficient (Wildman–Crippen LogP) is 2.20. The van der Waals surface area contributed by atoms with Crippen molar-refractivity contribution < 1.29 is 14.0 Å². The third kappa shape index (κ3) is 3.02. The molecule has 0 unspecified atom stereocenters. The average Bonchev–Trinajstić information content (AvgIpc) is 3.09. The predicted molar refractivity (Wildman–Crippen MR) is 77.4 cm³/mol. The number of carbonyl (C=O) groups excluding carboxylic acids is 2. The Labute approximate surface area is 124 Å². The van der Waals surface area contributed by atoms with Crippen molar-refractivity contribution in [3.8, 4) is 0 Å². The van der Waals surface area contributed by atoms with Gasteiger partial charge in [-0.25, -0.2) is 0 Å². The zero-order chi connectivity index (χ0) is 14.8. The molecule has 21 heavy (non-hydrogen) atoms. The molecule has 5 heteroatoms. The van der Waals surface area contributed by atoms with E-state index in [0.717, 1.165) is 31.7 Å². The quantitative estimate of drug-likeness (QED) is 0.798. The van der Waals surface area contributed by atoms with Crippen LogP contribution in [-0.2, 0) is 9.59 Å². The van der Waals surface area contributed by atoms with E-state index < -0.39 is 0 Å². The number of nitrogens with zero attached hydrogens (tertiary/aromatic N) is 2. The topological polar surface area (TPSA) is 53.8 Å². The molecule has 5 nitrogen and oxygen atoms in total. The van der Waals surface area contributed by atoms with Gasteiger partial charge in [0.1, 0.15) is 5.76 Å². The summed E-state index contributed by atoms with van der Waals surface area (Å²) in [5.41, 5.74) is 0. The Morgan fingerprint density at radius 1 is 1.24 bits per heavy atom. The second-order valence-electron chi connectivity index (χ2n) is 6.14. The number of amides is 2. The Morgan fingerprint density at radius 2 is 2.00 bits per heavy atom. The SMILES string of the molecule is C[C@H]1CCN(CCN2C(=O)CCC2=O)[C@H](c2ccco2)C1. The molecule has 0 radical (unpaired) electrons. The first-order valence-corrected chi connectivity index (χ1v) is 7.76. The number of piperidine rings is 1. The average molecular weight is 290 g/mol. The molecule has 0 spiro atoms. The minimum atomic E-state index is -0.0278. The van der Waals surface area contributed by atoms with E-state index >= 15 is 0 Å². The van der Waals surface area contributed by atoms with E-state index in [1.165, 1.54) is 4.90 Å².